The van der Waals surface area contributed by atoms with Crippen LogP contribution in [-0.2, 0) is 0 Å². The lowest BCUT2D eigenvalue weighted by Gasteiger charge is -1.98. The smallest absolute Gasteiger partial charge is 0.290 e. The SMILES string of the molecule is COc1ccncc1Cl.O=[N+]([O-])c1ccncc1Cl. The molecule has 0 amide bonds. The first-order chi connectivity index (χ1) is 9.06. The molecule has 19 heavy (non-hydrogen) atoms. The van der Waals surface area contributed by atoms with E-state index in [1.165, 1.54) is 18.5 Å². The number of hydrogen-bond acceptors (Lipinski definition) is 5. The molecule has 2 aromatic rings. The number of pyridine rings is 2. The highest BCUT2D eigenvalue weighted by Gasteiger charge is 2.09. The Bertz CT molecular complexity index is 566. The fraction of sp³-hybridized carbons (Fsp3) is 0.0909. The van der Waals surface area contributed by atoms with Gasteiger partial charge in [-0.3, -0.25) is 20.1 Å². The molecule has 0 radical (unpaired) electrons. The maximum Gasteiger partial charge on any atom is 0.290 e. The zero-order chi connectivity index (χ0) is 14.3. The predicted molar refractivity (Wildman–Crippen MR) is 71.7 cm³/mol. The Morgan fingerprint density at radius 2 is 1.74 bits per heavy atom. The molecule has 0 unspecified atom stereocenters. The van der Waals surface area contributed by atoms with Crippen LogP contribution in [0.1, 0.15) is 0 Å². The maximum atomic E-state index is 10.1. The van der Waals surface area contributed by atoms with E-state index in [2.05, 4.69) is 9.97 Å². The fourth-order valence-electron chi connectivity index (χ4n) is 1.04. The highest BCUT2D eigenvalue weighted by molar-refractivity contribution is 6.32. The van der Waals surface area contributed by atoms with Crippen LogP contribution in [0.15, 0.2) is 36.9 Å². The lowest BCUT2D eigenvalue weighted by atomic mass is 10.4. The summed E-state index contributed by atoms with van der Waals surface area (Å²) in [6, 6.07) is 2.96. The van der Waals surface area contributed by atoms with Crippen LogP contribution in [0.4, 0.5) is 5.69 Å². The number of hydrogen-bond donors (Lipinski definition) is 0. The van der Waals surface area contributed by atoms with Gasteiger partial charge in [-0.05, 0) is 6.07 Å². The minimum Gasteiger partial charge on any atom is -0.495 e. The highest BCUT2D eigenvalue weighted by atomic mass is 35.5. The van der Waals surface area contributed by atoms with Gasteiger partial charge in [0.25, 0.3) is 5.69 Å². The Labute approximate surface area is 119 Å². The average molecular weight is 302 g/mol. The molecule has 6 nitrogen and oxygen atoms in total. The van der Waals surface area contributed by atoms with E-state index in [-0.39, 0.29) is 10.7 Å². The van der Waals surface area contributed by atoms with Crippen LogP contribution >= 0.6 is 23.2 Å². The highest BCUT2D eigenvalue weighted by Crippen LogP contribution is 2.21. The summed E-state index contributed by atoms with van der Waals surface area (Å²) >= 11 is 11.1. The van der Waals surface area contributed by atoms with E-state index in [4.69, 9.17) is 27.9 Å². The number of nitro groups is 1. The van der Waals surface area contributed by atoms with E-state index in [0.29, 0.717) is 10.8 Å². The summed E-state index contributed by atoms with van der Waals surface area (Å²) in [4.78, 5) is 16.9. The lowest BCUT2D eigenvalue weighted by Crippen LogP contribution is -1.88. The maximum absolute atomic E-state index is 10.1. The van der Waals surface area contributed by atoms with Gasteiger partial charge in [0.15, 0.2) is 0 Å². The molecular formula is C11H9Cl2N3O3. The second-order valence-corrected chi connectivity index (χ2v) is 3.91. The second kappa shape index (κ2) is 7.50. The monoisotopic (exact) mass is 301 g/mol. The number of nitrogens with zero attached hydrogens (tertiary/aromatic N) is 3. The molecule has 0 aromatic carbocycles. The van der Waals surface area contributed by atoms with E-state index in [1.54, 1.807) is 25.6 Å². The predicted octanol–water partition coefficient (Wildman–Crippen LogP) is 3.39. The van der Waals surface area contributed by atoms with Crippen LogP contribution in [0, 0.1) is 10.1 Å². The normalized spacial score (nSPS) is 9.21. The molecule has 2 heterocycles. The van der Waals surface area contributed by atoms with Gasteiger partial charge < -0.3 is 4.74 Å². The topological polar surface area (TPSA) is 78.1 Å². The molecule has 0 saturated heterocycles. The van der Waals surface area contributed by atoms with E-state index in [1.807, 2.05) is 0 Å². The molecule has 0 saturated carbocycles. The molecule has 100 valence electrons. The number of ether oxygens (including phenoxy) is 1. The molecule has 0 bridgehead atoms. The third-order valence-electron chi connectivity index (χ3n) is 1.90. The van der Waals surface area contributed by atoms with Crippen molar-refractivity contribution in [1.29, 1.82) is 0 Å². The number of aromatic nitrogens is 2. The van der Waals surface area contributed by atoms with Crippen molar-refractivity contribution in [2.75, 3.05) is 7.11 Å². The van der Waals surface area contributed by atoms with Gasteiger partial charge in [0, 0.05) is 24.7 Å². The third-order valence-corrected chi connectivity index (χ3v) is 2.48. The molecule has 0 aliphatic heterocycles. The van der Waals surface area contributed by atoms with Crippen LogP contribution in [-0.4, -0.2) is 22.0 Å². The summed E-state index contributed by atoms with van der Waals surface area (Å²) in [7, 11) is 1.57. The Balaban J connectivity index is 0.000000191. The van der Waals surface area contributed by atoms with Gasteiger partial charge >= 0.3 is 0 Å². The van der Waals surface area contributed by atoms with Crippen LogP contribution in [0.2, 0.25) is 10.0 Å². The summed E-state index contributed by atoms with van der Waals surface area (Å²) < 4.78 is 4.87. The van der Waals surface area contributed by atoms with Crippen molar-refractivity contribution >= 4 is 28.9 Å². The minimum absolute atomic E-state index is 0.0625. The molecule has 2 aromatic heterocycles. The molecular weight excluding hydrogens is 293 g/mol. The van der Waals surface area contributed by atoms with Crippen molar-refractivity contribution in [3.05, 3.63) is 57.1 Å². The standard InChI is InChI=1S/C6H6ClNO.C5H3ClN2O2/c1-9-6-2-3-8-4-5(6)7;6-4-3-7-2-1-5(4)8(9)10/h2-4H,1H3;1-3H. The fourth-order valence-corrected chi connectivity index (χ4v) is 1.43. The van der Waals surface area contributed by atoms with Crippen LogP contribution in [0.3, 0.4) is 0 Å². The van der Waals surface area contributed by atoms with E-state index < -0.39 is 4.92 Å². The van der Waals surface area contributed by atoms with Crippen molar-refractivity contribution < 1.29 is 9.66 Å². The van der Waals surface area contributed by atoms with E-state index in [9.17, 15) is 10.1 Å². The first kappa shape index (κ1) is 15.1. The summed E-state index contributed by atoms with van der Waals surface area (Å²) in [6.45, 7) is 0. The quantitative estimate of drug-likeness (QED) is 0.627. The van der Waals surface area contributed by atoms with Crippen LogP contribution < -0.4 is 4.74 Å². The average Bonchev–Trinajstić information content (AvgIpc) is 2.40. The van der Waals surface area contributed by atoms with Gasteiger partial charge in [-0.15, -0.1) is 0 Å². The van der Waals surface area contributed by atoms with E-state index in [0.717, 1.165) is 0 Å². The number of rotatable bonds is 2. The molecule has 0 fully saturated rings. The number of halogens is 2. The third kappa shape index (κ3) is 4.69. The van der Waals surface area contributed by atoms with Gasteiger partial charge in [0.2, 0.25) is 0 Å². The first-order valence-corrected chi connectivity index (χ1v) is 5.69. The van der Waals surface area contributed by atoms with E-state index >= 15 is 0 Å². The summed E-state index contributed by atoms with van der Waals surface area (Å²) in [5.41, 5.74) is -0.114. The Hall–Kier alpha value is -1.92. The minimum atomic E-state index is -0.552. The molecule has 0 spiro atoms. The molecule has 0 aliphatic carbocycles. The Morgan fingerprint density at radius 3 is 2.11 bits per heavy atom. The van der Waals surface area contributed by atoms with Gasteiger partial charge in [0.1, 0.15) is 15.8 Å². The second-order valence-electron chi connectivity index (χ2n) is 3.09. The molecule has 0 aliphatic rings. The molecule has 2 rings (SSSR count). The van der Waals surface area contributed by atoms with Crippen molar-refractivity contribution in [3.8, 4) is 5.75 Å². The largest absolute Gasteiger partial charge is 0.495 e. The zero-order valence-corrected chi connectivity index (χ0v) is 11.3. The first-order valence-electron chi connectivity index (χ1n) is 4.93. The van der Waals surface area contributed by atoms with Crippen molar-refractivity contribution in [2.24, 2.45) is 0 Å². The summed E-state index contributed by atoms with van der Waals surface area (Å²) in [5, 5.41) is 10.7. The molecule has 0 N–H and O–H groups in total. The van der Waals surface area contributed by atoms with Crippen molar-refractivity contribution in [1.82, 2.24) is 9.97 Å². The lowest BCUT2D eigenvalue weighted by molar-refractivity contribution is -0.384. The zero-order valence-electron chi connectivity index (χ0n) is 9.79. The number of methoxy groups -OCH3 is 1. The summed E-state index contributed by atoms with van der Waals surface area (Å²) in [5.74, 6) is 0.659. The molecule has 0 atom stereocenters. The van der Waals surface area contributed by atoms with Crippen molar-refractivity contribution in [3.63, 3.8) is 0 Å². The Morgan fingerprint density at radius 1 is 1.16 bits per heavy atom. The van der Waals surface area contributed by atoms with Gasteiger partial charge in [-0.25, -0.2) is 0 Å². The van der Waals surface area contributed by atoms with Crippen molar-refractivity contribution in [2.45, 2.75) is 0 Å². The van der Waals surface area contributed by atoms with Gasteiger partial charge in [-0.1, -0.05) is 23.2 Å². The van der Waals surface area contributed by atoms with Gasteiger partial charge in [0.05, 0.1) is 18.2 Å². The Kier molecular flexibility index (Phi) is 5.98. The van der Waals surface area contributed by atoms with Crippen LogP contribution in [0.25, 0.3) is 0 Å². The molecule has 8 heteroatoms. The van der Waals surface area contributed by atoms with Gasteiger partial charge in [-0.2, -0.15) is 0 Å². The summed E-state index contributed by atoms with van der Waals surface area (Å²) in [6.07, 6.45) is 5.73. The van der Waals surface area contributed by atoms with Crippen LogP contribution in [0.5, 0.6) is 5.75 Å².